The van der Waals surface area contributed by atoms with Crippen LogP contribution in [0.1, 0.15) is 84.2 Å². The van der Waals surface area contributed by atoms with Crippen LogP contribution in [0.2, 0.25) is 0 Å². The van der Waals surface area contributed by atoms with Gasteiger partial charge in [0.05, 0.1) is 35.5 Å². The van der Waals surface area contributed by atoms with Gasteiger partial charge in [0.1, 0.15) is 97.7 Å². The first-order valence-corrected chi connectivity index (χ1v) is 29.5. The van der Waals surface area contributed by atoms with Crippen molar-refractivity contribution in [2.24, 2.45) is 5.41 Å². The number of carbonyl (C=O) groups excluding carboxylic acids is 3. The molecule has 8 aromatic rings. The predicted octanol–water partition coefficient (Wildman–Crippen LogP) is 13.1. The van der Waals surface area contributed by atoms with Gasteiger partial charge >= 0.3 is 5.97 Å². The smallest absolute Gasteiger partial charge is 0.328 e. The molecule has 2 atom stereocenters. The monoisotopic (exact) mass is 1210 g/mol. The lowest BCUT2D eigenvalue weighted by Crippen LogP contribution is -2.52. The van der Waals surface area contributed by atoms with Crippen LogP contribution in [-0.2, 0) is 78.0 Å². The highest BCUT2D eigenvalue weighted by Gasteiger charge is 2.27. The molecule has 0 aromatic heterocycles. The van der Waals surface area contributed by atoms with Gasteiger partial charge in [-0.15, -0.1) is 0 Å². The minimum absolute atomic E-state index is 0.141. The number of hydrogen-bond donors (Lipinski definition) is 2. The van der Waals surface area contributed by atoms with Crippen molar-refractivity contribution in [3.8, 4) is 57.5 Å². The Kier molecular flexibility index (Phi) is 23.6. The molecule has 0 heterocycles. The molecule has 2 amide bonds. The van der Waals surface area contributed by atoms with E-state index in [9.17, 15) is 14.4 Å². The fourth-order valence-corrected chi connectivity index (χ4v) is 9.45. The summed E-state index contributed by atoms with van der Waals surface area (Å²) in [6, 6.07) is 54.4. The molecule has 16 heteroatoms. The molecule has 466 valence electrons. The van der Waals surface area contributed by atoms with Crippen LogP contribution in [0.5, 0.6) is 57.5 Å². The molecule has 0 saturated carbocycles. The fourth-order valence-electron chi connectivity index (χ4n) is 9.45. The highest BCUT2D eigenvalue weighted by molar-refractivity contribution is 5.91. The molecule has 8 rings (SSSR count). The van der Waals surface area contributed by atoms with Crippen LogP contribution >= 0.6 is 0 Å². The van der Waals surface area contributed by atoms with Crippen LogP contribution in [0, 0.1) is 5.41 Å². The number of esters is 1. The van der Waals surface area contributed by atoms with E-state index in [4.69, 9.17) is 52.1 Å². The van der Waals surface area contributed by atoms with Crippen molar-refractivity contribution < 1.29 is 66.5 Å². The maximum Gasteiger partial charge on any atom is 0.328 e. The lowest BCUT2D eigenvalue weighted by Gasteiger charge is -2.23. The summed E-state index contributed by atoms with van der Waals surface area (Å²) in [6.07, 6.45) is 1.91. The third kappa shape index (κ3) is 20.7. The average molecular weight is 1210 g/mol. The van der Waals surface area contributed by atoms with Crippen molar-refractivity contribution in [3.63, 3.8) is 0 Å². The standard InChI is InChI=1S/C73H80N2O14/c1-49(72(78)83-9)74-71(77)66(75-70(76)42-73(2,3)4)38-51-14-33-63(34-15-51)84-48-57-36-64(85-46-55-11-24-58(23-10-50-12-25-59(79-5)26-13-50)68(39-55)88-44-53-18-29-61(81-7)30-19-53)41-65(37-57)86-47-56-22-35-67(87-43-52-16-27-60(80-6)28-17-52)69(40-56)89-45-54-20-31-62(82-8)32-21-54/h11-22,24-37,39-41,49,66H,10,23,38,42-48H2,1-9H3,(H,74,77)(H,75,76). The quantitative estimate of drug-likeness (QED) is 0.0381. The van der Waals surface area contributed by atoms with E-state index >= 15 is 0 Å². The molecule has 0 saturated heterocycles. The minimum atomic E-state index is -0.957. The number of amides is 2. The van der Waals surface area contributed by atoms with Crippen molar-refractivity contribution in [2.45, 2.75) is 105 Å². The first-order chi connectivity index (χ1) is 43.0. The van der Waals surface area contributed by atoms with E-state index in [2.05, 4.69) is 34.9 Å². The first-order valence-electron chi connectivity index (χ1n) is 29.5. The summed E-state index contributed by atoms with van der Waals surface area (Å²) in [4.78, 5) is 38.8. The Morgan fingerprint density at radius 3 is 1.28 bits per heavy atom. The van der Waals surface area contributed by atoms with Crippen LogP contribution in [0.15, 0.2) is 176 Å². The van der Waals surface area contributed by atoms with Crippen LogP contribution in [0.25, 0.3) is 0 Å². The Labute approximate surface area is 522 Å². The molecule has 2 unspecified atom stereocenters. The highest BCUT2D eigenvalue weighted by Crippen LogP contribution is 2.33. The third-order valence-electron chi connectivity index (χ3n) is 14.4. The minimum Gasteiger partial charge on any atom is -0.497 e. The number of methoxy groups -OCH3 is 5. The number of hydrogen-bond acceptors (Lipinski definition) is 14. The van der Waals surface area contributed by atoms with Gasteiger partial charge in [-0.2, -0.15) is 0 Å². The van der Waals surface area contributed by atoms with E-state index in [1.165, 1.54) is 19.6 Å². The van der Waals surface area contributed by atoms with Gasteiger partial charge in [0.25, 0.3) is 0 Å². The van der Waals surface area contributed by atoms with E-state index in [1.807, 2.05) is 172 Å². The second-order valence-electron chi connectivity index (χ2n) is 22.6. The number of carbonyl (C=O) groups is 3. The Balaban J connectivity index is 1.03. The molecule has 0 spiro atoms. The average Bonchev–Trinajstić information content (AvgIpc) is 3.58. The molecule has 0 fully saturated rings. The van der Waals surface area contributed by atoms with Crippen LogP contribution in [0.3, 0.4) is 0 Å². The number of rotatable bonds is 32. The molecule has 2 N–H and O–H groups in total. The summed E-state index contributed by atoms with van der Waals surface area (Å²) >= 11 is 0. The lowest BCUT2D eigenvalue weighted by molar-refractivity contribution is -0.144. The fraction of sp³-hybridized carbons (Fsp3) is 0.301. The summed E-state index contributed by atoms with van der Waals surface area (Å²) in [5, 5.41) is 5.55. The van der Waals surface area contributed by atoms with Crippen LogP contribution < -0.4 is 58.0 Å². The predicted molar refractivity (Wildman–Crippen MR) is 340 cm³/mol. The summed E-state index contributed by atoms with van der Waals surface area (Å²) in [5.74, 6) is 5.22. The van der Waals surface area contributed by atoms with Gasteiger partial charge in [-0.25, -0.2) is 4.79 Å². The molecule has 0 aliphatic rings. The van der Waals surface area contributed by atoms with Gasteiger partial charge < -0.3 is 62.7 Å². The number of benzene rings is 8. The van der Waals surface area contributed by atoms with Crippen molar-refractivity contribution in [3.05, 3.63) is 226 Å². The van der Waals surface area contributed by atoms with Crippen molar-refractivity contribution >= 4 is 17.8 Å². The summed E-state index contributed by atoms with van der Waals surface area (Å²) < 4.78 is 65.3. The molecule has 0 bridgehead atoms. The molecular formula is C73H80N2O14. The Morgan fingerprint density at radius 2 is 0.787 bits per heavy atom. The Hall–Kier alpha value is -9.83. The van der Waals surface area contributed by atoms with E-state index in [0.29, 0.717) is 42.0 Å². The van der Waals surface area contributed by atoms with E-state index < -0.39 is 24.0 Å². The number of ether oxygens (including phenoxy) is 11. The summed E-state index contributed by atoms with van der Waals surface area (Å²) in [5.41, 5.74) is 8.10. The van der Waals surface area contributed by atoms with Crippen molar-refractivity contribution in [1.82, 2.24) is 10.6 Å². The maximum absolute atomic E-state index is 13.5. The third-order valence-corrected chi connectivity index (χ3v) is 14.4. The topological polar surface area (TPSA) is 177 Å². The Bertz CT molecular complexity index is 3380. The van der Waals surface area contributed by atoms with Gasteiger partial charge in [0.15, 0.2) is 11.5 Å². The molecule has 16 nitrogen and oxygen atoms in total. The van der Waals surface area contributed by atoms with E-state index in [0.717, 1.165) is 86.1 Å². The highest BCUT2D eigenvalue weighted by atomic mass is 16.5. The molecular weight excluding hydrogens is 1130 g/mol. The normalized spacial score (nSPS) is 11.7. The maximum atomic E-state index is 13.5. The Morgan fingerprint density at radius 1 is 0.382 bits per heavy atom. The van der Waals surface area contributed by atoms with Crippen molar-refractivity contribution in [1.29, 1.82) is 0 Å². The van der Waals surface area contributed by atoms with Gasteiger partial charge in [0, 0.05) is 18.9 Å². The first kappa shape index (κ1) is 65.2. The molecule has 8 aromatic carbocycles. The van der Waals surface area contributed by atoms with Gasteiger partial charge in [-0.3, -0.25) is 9.59 Å². The number of aryl methyl sites for hydroxylation is 2. The zero-order valence-electron chi connectivity index (χ0n) is 52.2. The second-order valence-corrected chi connectivity index (χ2v) is 22.6. The van der Waals surface area contributed by atoms with Gasteiger partial charge in [-0.05, 0) is 166 Å². The molecule has 89 heavy (non-hydrogen) atoms. The zero-order valence-corrected chi connectivity index (χ0v) is 52.2. The molecule has 0 aliphatic heterocycles. The van der Waals surface area contributed by atoms with Crippen molar-refractivity contribution in [2.75, 3.05) is 35.5 Å². The molecule has 0 aliphatic carbocycles. The van der Waals surface area contributed by atoms with Crippen LogP contribution in [-0.4, -0.2) is 65.4 Å². The van der Waals surface area contributed by atoms with Crippen LogP contribution in [0.4, 0.5) is 0 Å². The van der Waals surface area contributed by atoms with Gasteiger partial charge in [-0.1, -0.05) is 99.6 Å². The van der Waals surface area contributed by atoms with Gasteiger partial charge in [0.2, 0.25) is 11.8 Å². The lowest BCUT2D eigenvalue weighted by atomic mass is 9.91. The summed E-state index contributed by atoms with van der Waals surface area (Å²) in [7, 11) is 7.83. The molecule has 0 radical (unpaired) electrons. The van der Waals surface area contributed by atoms with E-state index in [-0.39, 0.29) is 50.6 Å². The largest absolute Gasteiger partial charge is 0.497 e. The van der Waals surface area contributed by atoms with E-state index in [1.54, 1.807) is 28.4 Å². The summed E-state index contributed by atoms with van der Waals surface area (Å²) in [6.45, 7) is 8.85. The SMILES string of the molecule is COC(=O)C(C)NC(=O)C(Cc1ccc(OCc2cc(OCc3ccc(CCc4ccc(OC)cc4)c(OCc4ccc(OC)cc4)c3)cc(OCc3ccc(OCc4ccc(OC)cc4)c(OCc4ccc(OC)cc4)c3)c2)cc1)NC(=O)CC(C)(C)C. The number of nitrogens with one attached hydrogen (secondary N) is 2. The second kappa shape index (κ2) is 32.2. The zero-order chi connectivity index (χ0) is 63.1.